The number of ether oxygens (including phenoxy) is 3. The summed E-state index contributed by atoms with van der Waals surface area (Å²) in [7, 11) is 5.32. The second kappa shape index (κ2) is 12.9. The van der Waals surface area contributed by atoms with Gasteiger partial charge in [0, 0.05) is 18.5 Å². The molecule has 1 aliphatic heterocycles. The minimum atomic E-state index is -0.844. The van der Waals surface area contributed by atoms with E-state index in [1.54, 1.807) is 36.4 Å². The molecule has 0 bridgehead atoms. The Balaban J connectivity index is 1.76. The number of hydrogen-bond acceptors (Lipinski definition) is 8. The van der Waals surface area contributed by atoms with Gasteiger partial charge in [0.25, 0.3) is 5.91 Å². The van der Waals surface area contributed by atoms with Crippen LogP contribution in [0, 0.1) is 0 Å². The molecule has 214 valence electrons. The zero-order valence-corrected chi connectivity index (χ0v) is 23.9. The van der Waals surface area contributed by atoms with Crippen molar-refractivity contribution in [3.63, 3.8) is 0 Å². The molecule has 0 aliphatic carbocycles. The first kappa shape index (κ1) is 29.0. The highest BCUT2D eigenvalue weighted by Gasteiger charge is 2.44. The molecule has 1 amide bonds. The van der Waals surface area contributed by atoms with Crippen molar-refractivity contribution in [2.75, 3.05) is 47.5 Å². The number of likely N-dealkylation sites (N-methyl/N-ethyl adjacent to an activating group) is 1. The number of amides is 1. The third-order valence-electron chi connectivity index (χ3n) is 6.88. The molecular formula is C31H38N2O7. The van der Waals surface area contributed by atoms with Crippen molar-refractivity contribution in [3.8, 4) is 17.2 Å². The van der Waals surface area contributed by atoms with Crippen LogP contribution in [0.15, 0.2) is 58.2 Å². The number of ketones is 1. The minimum absolute atomic E-state index is 0.00854. The van der Waals surface area contributed by atoms with Crippen LogP contribution in [0.25, 0.3) is 11.0 Å². The lowest BCUT2D eigenvalue weighted by atomic mass is 9.94. The van der Waals surface area contributed by atoms with Gasteiger partial charge in [-0.25, -0.2) is 0 Å². The van der Waals surface area contributed by atoms with Crippen LogP contribution in [-0.4, -0.2) is 74.1 Å². The number of para-hydroxylation sites is 1. The highest BCUT2D eigenvalue weighted by atomic mass is 16.5. The summed E-state index contributed by atoms with van der Waals surface area (Å²) in [6, 6.07) is 11.5. The molecule has 0 radical (unpaired) electrons. The average Bonchev–Trinajstić information content (AvgIpc) is 3.49. The first-order valence-corrected chi connectivity index (χ1v) is 13.7. The van der Waals surface area contributed by atoms with E-state index in [0.717, 1.165) is 19.3 Å². The van der Waals surface area contributed by atoms with Gasteiger partial charge < -0.3 is 33.5 Å². The number of Topliss-reactive ketones (excluding diaryl/α,β-unsaturated/α-hetero) is 1. The van der Waals surface area contributed by atoms with E-state index in [1.807, 2.05) is 32.0 Å². The Morgan fingerprint density at radius 2 is 1.85 bits per heavy atom. The molecule has 1 aromatic heterocycles. The molecule has 1 atom stereocenters. The van der Waals surface area contributed by atoms with Gasteiger partial charge in [-0.1, -0.05) is 38.0 Å². The van der Waals surface area contributed by atoms with Gasteiger partial charge in [0.2, 0.25) is 5.78 Å². The zero-order chi connectivity index (χ0) is 28.8. The summed E-state index contributed by atoms with van der Waals surface area (Å²) in [5, 5.41) is 11.7. The lowest BCUT2D eigenvalue weighted by molar-refractivity contribution is -0.129. The summed E-state index contributed by atoms with van der Waals surface area (Å²) < 4.78 is 23.2. The van der Waals surface area contributed by atoms with Crippen molar-refractivity contribution >= 4 is 22.7 Å². The number of methoxy groups -OCH3 is 1. The number of hydrogen-bond donors (Lipinski definition) is 1. The molecule has 4 rings (SSSR count). The molecule has 9 heteroatoms. The Morgan fingerprint density at radius 3 is 2.55 bits per heavy atom. The van der Waals surface area contributed by atoms with Crippen LogP contribution >= 0.6 is 0 Å². The van der Waals surface area contributed by atoms with Crippen LogP contribution in [-0.2, 0) is 4.79 Å². The van der Waals surface area contributed by atoms with E-state index >= 15 is 0 Å². The summed E-state index contributed by atoms with van der Waals surface area (Å²) in [5.74, 6) is -0.161. The third-order valence-corrected chi connectivity index (χ3v) is 6.88. The number of benzene rings is 2. The topological polar surface area (TPSA) is 102 Å². The molecule has 1 aliphatic rings. The smallest absolute Gasteiger partial charge is 0.290 e. The fourth-order valence-electron chi connectivity index (χ4n) is 4.83. The van der Waals surface area contributed by atoms with Gasteiger partial charge in [0.1, 0.15) is 0 Å². The van der Waals surface area contributed by atoms with E-state index in [1.165, 1.54) is 12.0 Å². The molecule has 0 spiro atoms. The molecule has 0 saturated carbocycles. The van der Waals surface area contributed by atoms with E-state index in [9.17, 15) is 14.7 Å². The molecule has 0 fully saturated rings. The SMILES string of the molecule is CCCCCOc1ccc(C2C(C(=O)c3cc4cccc(OC)c4o3)=C(O)C(=O)N2CCN(C)C)cc1OCC. The minimum Gasteiger partial charge on any atom is -0.503 e. The van der Waals surface area contributed by atoms with Crippen LogP contribution in [0.5, 0.6) is 17.2 Å². The first-order valence-electron chi connectivity index (χ1n) is 13.7. The number of aliphatic hydroxyl groups excluding tert-OH is 1. The highest BCUT2D eigenvalue weighted by molar-refractivity contribution is 6.16. The van der Waals surface area contributed by atoms with E-state index in [4.69, 9.17) is 18.6 Å². The van der Waals surface area contributed by atoms with Crippen molar-refractivity contribution in [2.24, 2.45) is 0 Å². The normalized spacial score (nSPS) is 15.4. The number of unbranched alkanes of at least 4 members (excludes halogenated alkanes) is 2. The molecular weight excluding hydrogens is 512 g/mol. The fraction of sp³-hybridized carbons (Fsp3) is 0.419. The van der Waals surface area contributed by atoms with Gasteiger partial charge in [-0.2, -0.15) is 0 Å². The molecule has 0 saturated heterocycles. The molecule has 9 nitrogen and oxygen atoms in total. The third kappa shape index (κ3) is 5.94. The average molecular weight is 551 g/mol. The molecule has 2 heterocycles. The van der Waals surface area contributed by atoms with Gasteiger partial charge in [0.15, 0.2) is 34.4 Å². The van der Waals surface area contributed by atoms with Crippen molar-refractivity contribution in [3.05, 3.63) is 65.1 Å². The predicted octanol–water partition coefficient (Wildman–Crippen LogP) is 5.55. The number of aliphatic hydroxyl groups is 1. The second-order valence-electron chi connectivity index (χ2n) is 9.98. The van der Waals surface area contributed by atoms with E-state index < -0.39 is 23.5 Å². The standard InChI is InChI=1S/C31H38N2O7/c1-6-8-9-17-39-22-14-13-20(18-24(22)38-7-2)27-26(29(35)31(36)33(27)16-15-32(3)4)28(34)25-19-21-11-10-12-23(37-5)30(21)40-25/h10-14,18-19,27,35H,6-9,15-17H2,1-5H3. The second-order valence-corrected chi connectivity index (χ2v) is 9.98. The number of fused-ring (bicyclic) bond motifs is 1. The summed E-state index contributed by atoms with van der Waals surface area (Å²) in [4.78, 5) is 30.7. The van der Waals surface area contributed by atoms with Crippen LogP contribution < -0.4 is 14.2 Å². The number of carbonyl (C=O) groups is 2. The van der Waals surface area contributed by atoms with Gasteiger partial charge in [0.05, 0.1) is 31.9 Å². The molecule has 40 heavy (non-hydrogen) atoms. The Hall–Kier alpha value is -3.98. The molecule has 3 aromatic rings. The zero-order valence-electron chi connectivity index (χ0n) is 23.9. The number of furan rings is 1. The van der Waals surface area contributed by atoms with Crippen molar-refractivity contribution < 1.29 is 33.3 Å². The lowest BCUT2D eigenvalue weighted by Crippen LogP contribution is -2.36. The fourth-order valence-corrected chi connectivity index (χ4v) is 4.83. The van der Waals surface area contributed by atoms with Crippen LogP contribution in [0.1, 0.15) is 55.3 Å². The maximum absolute atomic E-state index is 13.9. The van der Waals surface area contributed by atoms with Gasteiger partial charge in [-0.15, -0.1) is 0 Å². The first-order chi connectivity index (χ1) is 19.3. The quantitative estimate of drug-likeness (QED) is 0.206. The Kier molecular flexibility index (Phi) is 9.37. The molecule has 1 unspecified atom stereocenters. The number of nitrogens with zero attached hydrogens (tertiary/aromatic N) is 2. The summed E-state index contributed by atoms with van der Waals surface area (Å²) in [6.45, 7) is 5.82. The molecule has 1 N–H and O–H groups in total. The Bertz CT molecular complexity index is 1390. The summed E-state index contributed by atoms with van der Waals surface area (Å²) in [5.41, 5.74) is 1.00. The van der Waals surface area contributed by atoms with E-state index in [2.05, 4.69) is 6.92 Å². The maximum atomic E-state index is 13.9. The summed E-state index contributed by atoms with van der Waals surface area (Å²) >= 11 is 0. The maximum Gasteiger partial charge on any atom is 0.290 e. The molecule has 2 aromatic carbocycles. The van der Waals surface area contributed by atoms with Crippen molar-refractivity contribution in [1.29, 1.82) is 0 Å². The van der Waals surface area contributed by atoms with Crippen molar-refractivity contribution in [2.45, 2.75) is 39.2 Å². The van der Waals surface area contributed by atoms with Crippen LogP contribution in [0.3, 0.4) is 0 Å². The van der Waals surface area contributed by atoms with Crippen LogP contribution in [0.4, 0.5) is 0 Å². The Morgan fingerprint density at radius 1 is 1.05 bits per heavy atom. The largest absolute Gasteiger partial charge is 0.503 e. The number of rotatable bonds is 14. The van der Waals surface area contributed by atoms with Gasteiger partial charge in [-0.3, -0.25) is 9.59 Å². The number of carbonyl (C=O) groups excluding carboxylic acids is 2. The van der Waals surface area contributed by atoms with E-state index in [-0.39, 0.29) is 11.3 Å². The van der Waals surface area contributed by atoms with Crippen molar-refractivity contribution in [1.82, 2.24) is 9.80 Å². The monoisotopic (exact) mass is 550 g/mol. The summed E-state index contributed by atoms with van der Waals surface area (Å²) in [6.07, 6.45) is 3.08. The van der Waals surface area contributed by atoms with E-state index in [0.29, 0.717) is 60.1 Å². The van der Waals surface area contributed by atoms with Crippen LogP contribution in [0.2, 0.25) is 0 Å². The highest BCUT2D eigenvalue weighted by Crippen LogP contribution is 2.42. The van der Waals surface area contributed by atoms with Gasteiger partial charge >= 0.3 is 0 Å². The van der Waals surface area contributed by atoms with Gasteiger partial charge in [-0.05, 0) is 57.3 Å². The lowest BCUT2D eigenvalue weighted by Gasteiger charge is -2.28. The predicted molar refractivity (Wildman–Crippen MR) is 152 cm³/mol. The Labute approximate surface area is 234 Å².